The zero-order valence-electron chi connectivity index (χ0n) is 16.2. The van der Waals surface area contributed by atoms with E-state index in [2.05, 4.69) is 10.6 Å². The summed E-state index contributed by atoms with van der Waals surface area (Å²) in [5.41, 5.74) is 3.53. The number of halogens is 1. The number of benzene rings is 3. The van der Waals surface area contributed by atoms with Crippen LogP contribution >= 0.6 is 11.6 Å². The molecule has 0 spiro atoms. The van der Waals surface area contributed by atoms with Crippen molar-refractivity contribution in [2.75, 3.05) is 17.2 Å². The van der Waals surface area contributed by atoms with Gasteiger partial charge in [0.2, 0.25) is 0 Å². The van der Waals surface area contributed by atoms with E-state index in [1.807, 2.05) is 26.0 Å². The molecular weight excluding hydrogens is 388 g/mol. The lowest BCUT2D eigenvalue weighted by atomic mass is 10.1. The van der Waals surface area contributed by atoms with Gasteiger partial charge in [-0.05, 0) is 67.4 Å². The van der Waals surface area contributed by atoms with Crippen LogP contribution in [0, 0.1) is 13.8 Å². The van der Waals surface area contributed by atoms with Gasteiger partial charge in [-0.15, -0.1) is 0 Å². The number of rotatable bonds is 6. The highest BCUT2D eigenvalue weighted by molar-refractivity contribution is 6.31. The fourth-order valence-corrected chi connectivity index (χ4v) is 2.79. The third kappa shape index (κ3) is 5.59. The summed E-state index contributed by atoms with van der Waals surface area (Å²) in [6.07, 6.45) is 0. The second-order valence-electron chi connectivity index (χ2n) is 6.60. The number of amides is 2. The van der Waals surface area contributed by atoms with E-state index in [0.29, 0.717) is 27.7 Å². The van der Waals surface area contributed by atoms with Crippen LogP contribution in [0.15, 0.2) is 66.7 Å². The third-order valence-electron chi connectivity index (χ3n) is 4.30. The van der Waals surface area contributed by atoms with Gasteiger partial charge in [0, 0.05) is 22.0 Å². The van der Waals surface area contributed by atoms with Crippen molar-refractivity contribution in [3.05, 3.63) is 88.4 Å². The molecule has 0 bridgehead atoms. The Morgan fingerprint density at radius 2 is 1.66 bits per heavy atom. The molecular formula is C23H21ClN2O3. The lowest BCUT2D eigenvalue weighted by Gasteiger charge is -2.12. The molecule has 3 aromatic carbocycles. The van der Waals surface area contributed by atoms with Gasteiger partial charge >= 0.3 is 0 Å². The Kier molecular flexibility index (Phi) is 6.52. The number of aryl methyl sites for hydroxylation is 2. The molecule has 0 unspecified atom stereocenters. The maximum atomic E-state index is 12.4. The molecule has 29 heavy (non-hydrogen) atoms. The van der Waals surface area contributed by atoms with Gasteiger partial charge in [0.25, 0.3) is 11.8 Å². The maximum Gasteiger partial charge on any atom is 0.262 e. The number of anilines is 2. The summed E-state index contributed by atoms with van der Waals surface area (Å²) >= 11 is 5.99. The first-order valence-corrected chi connectivity index (χ1v) is 9.46. The van der Waals surface area contributed by atoms with Crippen molar-refractivity contribution in [3.63, 3.8) is 0 Å². The fraction of sp³-hybridized carbons (Fsp3) is 0.130. The van der Waals surface area contributed by atoms with Crippen LogP contribution in [0.1, 0.15) is 21.5 Å². The second kappa shape index (κ2) is 9.26. The number of hydrogen-bond acceptors (Lipinski definition) is 3. The molecule has 6 heteroatoms. The SMILES string of the molecule is Cc1cc(OCC(=O)Nc2ccc(C)c(NC(=O)c3ccccc3)c2)ccc1Cl. The molecule has 2 N–H and O–H groups in total. The maximum absolute atomic E-state index is 12.4. The summed E-state index contributed by atoms with van der Waals surface area (Å²) in [6, 6.07) is 19.5. The van der Waals surface area contributed by atoms with Crippen molar-refractivity contribution in [1.29, 1.82) is 0 Å². The predicted octanol–water partition coefficient (Wildman–Crippen LogP) is 5.23. The quantitative estimate of drug-likeness (QED) is 0.587. The Balaban J connectivity index is 1.62. The monoisotopic (exact) mass is 408 g/mol. The molecule has 2 amide bonds. The first-order chi connectivity index (χ1) is 13.9. The average Bonchev–Trinajstić information content (AvgIpc) is 2.72. The summed E-state index contributed by atoms with van der Waals surface area (Å²) in [7, 11) is 0. The third-order valence-corrected chi connectivity index (χ3v) is 4.73. The number of ether oxygens (including phenoxy) is 1. The Bertz CT molecular complexity index is 1040. The van der Waals surface area contributed by atoms with E-state index in [1.54, 1.807) is 54.6 Å². The minimum absolute atomic E-state index is 0.138. The van der Waals surface area contributed by atoms with Crippen LogP contribution in [0.2, 0.25) is 5.02 Å². The Morgan fingerprint density at radius 1 is 0.897 bits per heavy atom. The van der Waals surface area contributed by atoms with Crippen LogP contribution < -0.4 is 15.4 Å². The molecule has 0 saturated heterocycles. The largest absolute Gasteiger partial charge is 0.484 e. The average molecular weight is 409 g/mol. The van der Waals surface area contributed by atoms with E-state index in [1.165, 1.54) is 0 Å². The highest BCUT2D eigenvalue weighted by Gasteiger charge is 2.10. The van der Waals surface area contributed by atoms with Gasteiger partial charge in [-0.25, -0.2) is 0 Å². The smallest absolute Gasteiger partial charge is 0.262 e. The van der Waals surface area contributed by atoms with Crippen molar-refractivity contribution < 1.29 is 14.3 Å². The van der Waals surface area contributed by atoms with E-state index in [0.717, 1.165) is 11.1 Å². The standard InChI is InChI=1S/C23H21ClN2O3/c1-15-8-9-18(13-21(15)26-23(28)17-6-4-3-5-7-17)25-22(27)14-29-19-10-11-20(24)16(2)12-19/h3-13H,14H2,1-2H3,(H,25,27)(H,26,28). The van der Waals surface area contributed by atoms with Gasteiger partial charge in [0.15, 0.2) is 6.61 Å². The van der Waals surface area contributed by atoms with Crippen molar-refractivity contribution in [1.82, 2.24) is 0 Å². The number of nitrogens with one attached hydrogen (secondary N) is 2. The van der Waals surface area contributed by atoms with Crippen molar-refractivity contribution >= 4 is 34.8 Å². The Morgan fingerprint density at radius 3 is 2.38 bits per heavy atom. The molecule has 0 saturated carbocycles. The summed E-state index contributed by atoms with van der Waals surface area (Å²) in [5, 5.41) is 6.30. The predicted molar refractivity (Wildman–Crippen MR) is 116 cm³/mol. The number of carbonyl (C=O) groups is 2. The molecule has 5 nitrogen and oxygen atoms in total. The first kappa shape index (κ1) is 20.4. The van der Waals surface area contributed by atoms with Crippen LogP contribution in [0.5, 0.6) is 5.75 Å². The van der Waals surface area contributed by atoms with Crippen LogP contribution in [0.3, 0.4) is 0 Å². The highest BCUT2D eigenvalue weighted by Crippen LogP contribution is 2.22. The van der Waals surface area contributed by atoms with Gasteiger partial charge in [-0.1, -0.05) is 35.9 Å². The van der Waals surface area contributed by atoms with Gasteiger partial charge in [0.05, 0.1) is 0 Å². The molecule has 0 fully saturated rings. The lowest BCUT2D eigenvalue weighted by molar-refractivity contribution is -0.118. The highest BCUT2D eigenvalue weighted by atomic mass is 35.5. The Labute approximate surface area is 174 Å². The van der Waals surface area contributed by atoms with E-state index >= 15 is 0 Å². The Hall–Kier alpha value is -3.31. The molecule has 0 heterocycles. The summed E-state index contributed by atoms with van der Waals surface area (Å²) in [4.78, 5) is 24.6. The van der Waals surface area contributed by atoms with Gasteiger partial charge < -0.3 is 15.4 Å². The van der Waals surface area contributed by atoms with Crippen LogP contribution in [-0.4, -0.2) is 18.4 Å². The fourth-order valence-electron chi connectivity index (χ4n) is 2.67. The molecule has 0 radical (unpaired) electrons. The molecule has 3 rings (SSSR count). The van der Waals surface area contributed by atoms with Crippen molar-refractivity contribution in [2.45, 2.75) is 13.8 Å². The van der Waals surface area contributed by atoms with E-state index in [4.69, 9.17) is 16.3 Å². The summed E-state index contributed by atoms with van der Waals surface area (Å²) in [5.74, 6) is 0.0576. The van der Waals surface area contributed by atoms with Crippen LogP contribution in [-0.2, 0) is 4.79 Å². The lowest BCUT2D eigenvalue weighted by Crippen LogP contribution is -2.20. The zero-order chi connectivity index (χ0) is 20.8. The number of hydrogen-bond donors (Lipinski definition) is 2. The molecule has 148 valence electrons. The summed E-state index contributed by atoms with van der Waals surface area (Å²) < 4.78 is 5.51. The summed E-state index contributed by atoms with van der Waals surface area (Å²) in [6.45, 7) is 3.62. The van der Waals surface area contributed by atoms with Gasteiger partial charge in [-0.2, -0.15) is 0 Å². The van der Waals surface area contributed by atoms with Crippen LogP contribution in [0.25, 0.3) is 0 Å². The molecule has 0 aliphatic heterocycles. The second-order valence-corrected chi connectivity index (χ2v) is 7.00. The van der Waals surface area contributed by atoms with E-state index in [9.17, 15) is 9.59 Å². The first-order valence-electron chi connectivity index (χ1n) is 9.08. The van der Waals surface area contributed by atoms with Gasteiger partial charge in [0.1, 0.15) is 5.75 Å². The van der Waals surface area contributed by atoms with Crippen LogP contribution in [0.4, 0.5) is 11.4 Å². The normalized spacial score (nSPS) is 10.3. The minimum Gasteiger partial charge on any atom is -0.484 e. The molecule has 0 aliphatic carbocycles. The molecule has 0 atom stereocenters. The van der Waals surface area contributed by atoms with Crippen molar-refractivity contribution in [3.8, 4) is 5.75 Å². The molecule has 3 aromatic rings. The van der Waals surface area contributed by atoms with Crippen molar-refractivity contribution in [2.24, 2.45) is 0 Å². The van der Waals surface area contributed by atoms with E-state index < -0.39 is 0 Å². The molecule has 0 aliphatic rings. The minimum atomic E-state index is -0.304. The molecule has 0 aromatic heterocycles. The van der Waals surface area contributed by atoms with E-state index in [-0.39, 0.29) is 18.4 Å². The zero-order valence-corrected chi connectivity index (χ0v) is 16.9. The van der Waals surface area contributed by atoms with Gasteiger partial charge in [-0.3, -0.25) is 9.59 Å². The topological polar surface area (TPSA) is 67.4 Å². The number of carbonyl (C=O) groups excluding carboxylic acids is 2.